The predicted molar refractivity (Wildman–Crippen MR) is 70.2 cm³/mol. The van der Waals surface area contributed by atoms with Gasteiger partial charge in [0.1, 0.15) is 5.84 Å². The Kier molecular flexibility index (Phi) is 2.41. The van der Waals surface area contributed by atoms with E-state index in [1.807, 2.05) is 16.8 Å². The van der Waals surface area contributed by atoms with Crippen LogP contribution in [0.2, 0.25) is 0 Å². The van der Waals surface area contributed by atoms with Crippen molar-refractivity contribution in [1.82, 2.24) is 5.32 Å². The van der Waals surface area contributed by atoms with Gasteiger partial charge in [0, 0.05) is 12.0 Å². The van der Waals surface area contributed by atoms with Crippen LogP contribution in [0.5, 0.6) is 0 Å². The Hall–Kier alpha value is -2.15. The minimum absolute atomic E-state index is 0.0963. The summed E-state index contributed by atoms with van der Waals surface area (Å²) >= 11 is 1.61. The summed E-state index contributed by atoms with van der Waals surface area (Å²) in [6, 6.07) is 1.36. The van der Waals surface area contributed by atoms with Crippen LogP contribution in [-0.2, 0) is 11.2 Å². The molecule has 0 saturated heterocycles. The van der Waals surface area contributed by atoms with E-state index in [0.717, 1.165) is 11.1 Å². The molecule has 2 aliphatic heterocycles. The molecule has 0 spiro atoms. The normalized spacial score (nSPS) is 22.4. The first-order chi connectivity index (χ1) is 8.65. The zero-order chi connectivity index (χ0) is 12.7. The summed E-state index contributed by atoms with van der Waals surface area (Å²) < 4.78 is 0. The van der Waals surface area contributed by atoms with Crippen LogP contribution in [0.25, 0.3) is 0 Å². The number of hydrogen-bond acceptors (Lipinski definition) is 6. The van der Waals surface area contributed by atoms with Crippen LogP contribution in [0, 0.1) is 0 Å². The molecule has 3 rings (SSSR count). The lowest BCUT2D eigenvalue weighted by Gasteiger charge is -2.16. The Morgan fingerprint density at radius 1 is 1.44 bits per heavy atom. The molecule has 0 aromatic carbocycles. The number of hydrogen-bond donors (Lipinski definition) is 3. The molecule has 1 aromatic rings. The van der Waals surface area contributed by atoms with Crippen molar-refractivity contribution in [2.24, 2.45) is 21.5 Å². The molecule has 92 valence electrons. The van der Waals surface area contributed by atoms with Gasteiger partial charge >= 0.3 is 0 Å². The molecule has 1 atom stereocenters. The van der Waals surface area contributed by atoms with Gasteiger partial charge in [-0.2, -0.15) is 11.3 Å². The predicted octanol–water partition coefficient (Wildman–Crippen LogP) is -0.271. The highest BCUT2D eigenvalue weighted by Crippen LogP contribution is 2.27. The third kappa shape index (κ3) is 1.68. The average Bonchev–Trinajstić information content (AvgIpc) is 2.91. The van der Waals surface area contributed by atoms with Gasteiger partial charge < -0.3 is 11.5 Å². The highest BCUT2D eigenvalue weighted by Gasteiger charge is 2.35. The molecule has 1 amide bonds. The molecule has 1 aromatic heterocycles. The van der Waals surface area contributed by atoms with Crippen molar-refractivity contribution in [3.8, 4) is 0 Å². The monoisotopic (exact) mass is 261 g/mol. The van der Waals surface area contributed by atoms with Crippen molar-refractivity contribution in [3.63, 3.8) is 0 Å². The summed E-state index contributed by atoms with van der Waals surface area (Å²) in [5.74, 6) is 0.189. The number of thiophene rings is 1. The Balaban J connectivity index is 2.02. The van der Waals surface area contributed by atoms with Gasteiger partial charge in [-0.15, -0.1) is 0 Å². The number of aliphatic imine (C=N–C) groups is 2. The highest BCUT2D eigenvalue weighted by atomic mass is 32.1. The first-order valence-electron chi connectivity index (χ1n) is 5.38. The van der Waals surface area contributed by atoms with E-state index in [4.69, 9.17) is 11.5 Å². The molecule has 0 aliphatic carbocycles. The standard InChI is InChI=1S/C11H11N5OS/c12-9-6(3-5-1-2-18-4-5)7-8(14-9)10(17)16-11(13)15-7/h1-2,4,8H,3H2,(H2,12,14)(H3,13,15,16,17). The third-order valence-corrected chi connectivity index (χ3v) is 3.58. The number of carbonyl (C=O) groups is 1. The smallest absolute Gasteiger partial charge is 0.257 e. The van der Waals surface area contributed by atoms with Crippen LogP contribution in [0.15, 0.2) is 38.1 Å². The van der Waals surface area contributed by atoms with E-state index in [0.29, 0.717) is 18.0 Å². The van der Waals surface area contributed by atoms with E-state index in [1.54, 1.807) is 11.3 Å². The van der Waals surface area contributed by atoms with Gasteiger partial charge in [-0.1, -0.05) is 0 Å². The molecule has 0 saturated carbocycles. The van der Waals surface area contributed by atoms with Gasteiger partial charge in [0.25, 0.3) is 5.91 Å². The maximum absolute atomic E-state index is 11.7. The number of nitrogens with one attached hydrogen (secondary N) is 1. The second-order valence-corrected chi connectivity index (χ2v) is 4.86. The Morgan fingerprint density at radius 3 is 3.00 bits per heavy atom. The molecule has 0 radical (unpaired) electrons. The molecule has 0 fully saturated rings. The maximum atomic E-state index is 11.7. The molecule has 2 aliphatic rings. The number of guanidine groups is 1. The molecular weight excluding hydrogens is 250 g/mol. The van der Waals surface area contributed by atoms with Crippen molar-refractivity contribution in [2.45, 2.75) is 12.5 Å². The van der Waals surface area contributed by atoms with Crippen molar-refractivity contribution >= 4 is 29.0 Å². The summed E-state index contributed by atoms with van der Waals surface area (Å²) in [6.07, 6.45) is 0.620. The fraction of sp³-hybridized carbons (Fsp3) is 0.182. The van der Waals surface area contributed by atoms with Crippen LogP contribution < -0.4 is 16.8 Å². The van der Waals surface area contributed by atoms with E-state index < -0.39 is 6.04 Å². The zero-order valence-corrected chi connectivity index (χ0v) is 10.2. The van der Waals surface area contributed by atoms with Crippen LogP contribution >= 0.6 is 11.3 Å². The fourth-order valence-corrected chi connectivity index (χ4v) is 2.69. The highest BCUT2D eigenvalue weighted by molar-refractivity contribution is 7.07. The van der Waals surface area contributed by atoms with Crippen molar-refractivity contribution in [2.75, 3.05) is 0 Å². The maximum Gasteiger partial charge on any atom is 0.257 e. The largest absolute Gasteiger partial charge is 0.384 e. The Labute approximate surface area is 107 Å². The Bertz CT molecular complexity index is 599. The number of rotatable bonds is 2. The number of carbonyl (C=O) groups excluding carboxylic acids is 1. The molecule has 0 bridgehead atoms. The van der Waals surface area contributed by atoms with Gasteiger partial charge in [0.05, 0.1) is 5.70 Å². The summed E-state index contributed by atoms with van der Waals surface area (Å²) in [5, 5.41) is 6.47. The quantitative estimate of drug-likeness (QED) is 0.682. The second-order valence-electron chi connectivity index (χ2n) is 4.08. The summed E-state index contributed by atoms with van der Waals surface area (Å²) in [5.41, 5.74) is 13.9. The molecule has 6 nitrogen and oxygen atoms in total. The van der Waals surface area contributed by atoms with Crippen molar-refractivity contribution in [3.05, 3.63) is 33.7 Å². The third-order valence-electron chi connectivity index (χ3n) is 2.85. The summed E-state index contributed by atoms with van der Waals surface area (Å²) in [6.45, 7) is 0. The molecule has 3 heterocycles. The van der Waals surface area contributed by atoms with Gasteiger partial charge in [-0.3, -0.25) is 10.1 Å². The number of fused-ring (bicyclic) bond motifs is 1. The van der Waals surface area contributed by atoms with E-state index in [9.17, 15) is 4.79 Å². The Morgan fingerprint density at radius 2 is 2.28 bits per heavy atom. The fourth-order valence-electron chi connectivity index (χ4n) is 2.02. The van der Waals surface area contributed by atoms with Crippen LogP contribution in [0.4, 0.5) is 0 Å². The molecule has 7 heteroatoms. The number of nitrogens with two attached hydrogens (primary N) is 2. The lowest BCUT2D eigenvalue weighted by molar-refractivity contribution is -0.120. The van der Waals surface area contributed by atoms with Gasteiger partial charge in [-0.05, 0) is 22.4 Å². The molecular formula is C11H11N5OS. The van der Waals surface area contributed by atoms with Gasteiger partial charge in [-0.25, -0.2) is 9.98 Å². The minimum Gasteiger partial charge on any atom is -0.384 e. The molecule has 5 N–H and O–H groups in total. The van der Waals surface area contributed by atoms with Crippen molar-refractivity contribution < 1.29 is 4.79 Å². The number of amidine groups is 1. The lowest BCUT2D eigenvalue weighted by Crippen LogP contribution is -2.46. The molecule has 1 unspecified atom stereocenters. The second kappa shape index (κ2) is 3.95. The lowest BCUT2D eigenvalue weighted by atomic mass is 10.0. The van der Waals surface area contributed by atoms with E-state index in [1.165, 1.54) is 0 Å². The average molecular weight is 261 g/mol. The zero-order valence-electron chi connectivity index (χ0n) is 9.38. The van der Waals surface area contributed by atoms with Gasteiger partial charge in [0.15, 0.2) is 12.0 Å². The van der Waals surface area contributed by atoms with Gasteiger partial charge in [0.2, 0.25) is 0 Å². The summed E-state index contributed by atoms with van der Waals surface area (Å²) in [4.78, 5) is 20.0. The number of amides is 1. The summed E-state index contributed by atoms with van der Waals surface area (Å²) in [7, 11) is 0. The first kappa shape index (κ1) is 11.0. The SMILES string of the molecule is NC1=NC2=C(Cc3ccsc3)C(N)=NC2C(=O)N1. The number of nitrogens with zero attached hydrogens (tertiary/aromatic N) is 2. The van der Waals surface area contributed by atoms with Crippen molar-refractivity contribution in [1.29, 1.82) is 0 Å². The van der Waals surface area contributed by atoms with E-state index in [2.05, 4.69) is 15.3 Å². The molecule has 18 heavy (non-hydrogen) atoms. The van der Waals surface area contributed by atoms with E-state index >= 15 is 0 Å². The topological polar surface area (TPSA) is 106 Å². The van der Waals surface area contributed by atoms with Crippen LogP contribution in [0.1, 0.15) is 5.56 Å². The first-order valence-corrected chi connectivity index (χ1v) is 6.32. The van der Waals surface area contributed by atoms with Crippen LogP contribution in [-0.4, -0.2) is 23.7 Å². The minimum atomic E-state index is -0.647. The van der Waals surface area contributed by atoms with Crippen LogP contribution in [0.3, 0.4) is 0 Å². The van der Waals surface area contributed by atoms with E-state index in [-0.39, 0.29) is 11.9 Å².